The number of aryl methyl sites for hydroxylation is 1. The average molecular weight is 444 g/mol. The van der Waals surface area contributed by atoms with Crippen molar-refractivity contribution in [1.29, 1.82) is 0 Å². The smallest absolute Gasteiger partial charge is 0.269 e. The number of nitro groups is 1. The van der Waals surface area contributed by atoms with Gasteiger partial charge in [0, 0.05) is 30.5 Å². The van der Waals surface area contributed by atoms with Crippen LogP contribution in [0.1, 0.15) is 37.5 Å². The molecular weight excluding hydrogens is 414 g/mol. The van der Waals surface area contributed by atoms with E-state index in [1.807, 2.05) is 45.0 Å². The van der Waals surface area contributed by atoms with Crippen LogP contribution in [0.5, 0.6) is 0 Å². The number of benzene rings is 2. The predicted octanol–water partition coefficient (Wildman–Crippen LogP) is 4.08. The summed E-state index contributed by atoms with van der Waals surface area (Å²) in [5.74, 6) is 0.450. The Hall–Kier alpha value is -2.87. The van der Waals surface area contributed by atoms with Crippen LogP contribution in [0, 0.1) is 17.0 Å². The van der Waals surface area contributed by atoms with E-state index in [1.165, 1.54) is 23.9 Å². The molecule has 0 saturated carbocycles. The van der Waals surface area contributed by atoms with Crippen molar-refractivity contribution in [1.82, 2.24) is 10.2 Å². The molecule has 1 N–H and O–H groups in total. The summed E-state index contributed by atoms with van der Waals surface area (Å²) in [5, 5.41) is 13.6. The second kappa shape index (κ2) is 11.5. The van der Waals surface area contributed by atoms with Crippen molar-refractivity contribution in [2.45, 2.75) is 52.1 Å². The van der Waals surface area contributed by atoms with Crippen molar-refractivity contribution >= 4 is 29.3 Å². The number of thioether (sulfide) groups is 1. The summed E-state index contributed by atoms with van der Waals surface area (Å²) < 4.78 is 0. The Morgan fingerprint density at radius 2 is 1.61 bits per heavy atom. The molecule has 2 aromatic carbocycles. The number of nitrogens with one attached hydrogen (secondary N) is 1. The maximum absolute atomic E-state index is 13.0. The highest BCUT2D eigenvalue weighted by Crippen LogP contribution is 2.19. The Bertz CT molecular complexity index is 898. The minimum Gasteiger partial charge on any atom is -0.352 e. The van der Waals surface area contributed by atoms with Gasteiger partial charge >= 0.3 is 0 Å². The number of nitrogens with zero attached hydrogens (tertiary/aromatic N) is 2. The fourth-order valence-electron chi connectivity index (χ4n) is 2.93. The second-order valence-corrected chi connectivity index (χ2v) is 8.75. The van der Waals surface area contributed by atoms with Gasteiger partial charge in [-0.1, -0.05) is 42.0 Å². The summed E-state index contributed by atoms with van der Waals surface area (Å²) in [6.07, 6.45) is 0. The molecule has 0 aliphatic carbocycles. The van der Waals surface area contributed by atoms with Gasteiger partial charge in [-0.3, -0.25) is 19.7 Å². The molecule has 166 valence electrons. The number of hydrogen-bond donors (Lipinski definition) is 1. The van der Waals surface area contributed by atoms with Crippen LogP contribution in [-0.4, -0.2) is 39.5 Å². The van der Waals surface area contributed by atoms with Crippen molar-refractivity contribution in [3.05, 3.63) is 75.3 Å². The number of carbonyl (C=O) groups excluding carboxylic acids is 2. The van der Waals surface area contributed by atoms with Crippen molar-refractivity contribution in [3.8, 4) is 0 Å². The van der Waals surface area contributed by atoms with Gasteiger partial charge in [0.25, 0.3) is 5.69 Å². The molecule has 0 saturated heterocycles. The predicted molar refractivity (Wildman–Crippen MR) is 124 cm³/mol. The summed E-state index contributed by atoms with van der Waals surface area (Å²) >= 11 is 1.42. The first-order valence-corrected chi connectivity index (χ1v) is 11.3. The Morgan fingerprint density at radius 3 is 2.16 bits per heavy atom. The summed E-state index contributed by atoms with van der Waals surface area (Å²) in [7, 11) is 0. The number of non-ortho nitro benzene ring substituents is 1. The normalized spacial score (nSPS) is 11.8. The molecule has 0 bridgehead atoms. The number of nitro benzene ring substituents is 1. The monoisotopic (exact) mass is 443 g/mol. The third-order valence-electron chi connectivity index (χ3n) is 4.71. The Labute approximate surface area is 187 Å². The van der Waals surface area contributed by atoms with E-state index in [9.17, 15) is 19.7 Å². The van der Waals surface area contributed by atoms with Gasteiger partial charge in [-0.25, -0.2) is 0 Å². The minimum absolute atomic E-state index is 0.0113. The molecule has 2 amide bonds. The van der Waals surface area contributed by atoms with Crippen molar-refractivity contribution < 1.29 is 14.5 Å². The van der Waals surface area contributed by atoms with Crippen LogP contribution in [0.4, 0.5) is 5.69 Å². The number of amides is 2. The lowest BCUT2D eigenvalue weighted by Crippen LogP contribution is -2.49. The fourth-order valence-corrected chi connectivity index (χ4v) is 3.80. The first-order chi connectivity index (χ1) is 14.7. The van der Waals surface area contributed by atoms with Crippen molar-refractivity contribution in [2.75, 3.05) is 5.75 Å². The van der Waals surface area contributed by atoms with Gasteiger partial charge in [0.2, 0.25) is 11.8 Å². The highest BCUT2D eigenvalue weighted by molar-refractivity contribution is 7.99. The van der Waals surface area contributed by atoms with E-state index in [2.05, 4.69) is 5.32 Å². The number of carbonyl (C=O) groups is 2. The molecule has 0 radical (unpaired) electrons. The molecule has 1 atom stereocenters. The van der Waals surface area contributed by atoms with Crippen molar-refractivity contribution in [2.24, 2.45) is 0 Å². The van der Waals surface area contributed by atoms with Crippen LogP contribution >= 0.6 is 11.8 Å². The molecule has 0 spiro atoms. The van der Waals surface area contributed by atoms with E-state index >= 15 is 0 Å². The van der Waals surface area contributed by atoms with E-state index in [0.717, 1.165) is 16.7 Å². The zero-order valence-electron chi connectivity index (χ0n) is 18.3. The lowest BCUT2D eigenvalue weighted by atomic mass is 10.1. The molecule has 7 nitrogen and oxygen atoms in total. The maximum atomic E-state index is 13.0. The first-order valence-electron chi connectivity index (χ1n) is 10.1. The summed E-state index contributed by atoms with van der Waals surface area (Å²) in [6.45, 7) is 7.86. The lowest BCUT2D eigenvalue weighted by molar-refractivity contribution is -0.384. The molecule has 0 heterocycles. The molecule has 2 rings (SSSR count). The van der Waals surface area contributed by atoms with Crippen LogP contribution in [-0.2, 0) is 21.9 Å². The van der Waals surface area contributed by atoms with Crippen LogP contribution in [0.2, 0.25) is 0 Å². The molecule has 2 aromatic rings. The van der Waals surface area contributed by atoms with Crippen LogP contribution in [0.25, 0.3) is 0 Å². The van der Waals surface area contributed by atoms with E-state index < -0.39 is 11.0 Å². The molecule has 0 unspecified atom stereocenters. The van der Waals surface area contributed by atoms with Gasteiger partial charge < -0.3 is 10.2 Å². The zero-order valence-corrected chi connectivity index (χ0v) is 19.1. The van der Waals surface area contributed by atoms with Crippen LogP contribution in [0.15, 0.2) is 48.5 Å². The van der Waals surface area contributed by atoms with Gasteiger partial charge in [0.15, 0.2) is 0 Å². The summed E-state index contributed by atoms with van der Waals surface area (Å²) in [6, 6.07) is 13.6. The quantitative estimate of drug-likeness (QED) is 0.441. The van der Waals surface area contributed by atoms with Gasteiger partial charge in [0.1, 0.15) is 6.04 Å². The highest BCUT2D eigenvalue weighted by Gasteiger charge is 2.26. The molecule has 0 aliphatic heterocycles. The third-order valence-corrected chi connectivity index (χ3v) is 5.70. The van der Waals surface area contributed by atoms with Gasteiger partial charge in [-0.2, -0.15) is 0 Å². The first kappa shape index (κ1) is 24.4. The van der Waals surface area contributed by atoms with E-state index in [0.29, 0.717) is 12.3 Å². The Kier molecular flexibility index (Phi) is 9.05. The minimum atomic E-state index is -0.601. The van der Waals surface area contributed by atoms with E-state index in [1.54, 1.807) is 24.0 Å². The molecular formula is C23H29N3O4S. The SMILES string of the molecule is Cc1ccc(CN(C(=O)CSCc2ccc([N+](=O)[O-])cc2)[C@@H](C)C(=O)NC(C)C)cc1. The van der Waals surface area contributed by atoms with Gasteiger partial charge in [-0.15, -0.1) is 11.8 Å². The van der Waals surface area contributed by atoms with Gasteiger partial charge in [0.05, 0.1) is 10.7 Å². The molecule has 0 aliphatic rings. The average Bonchev–Trinajstić information content (AvgIpc) is 2.72. The standard InChI is InChI=1S/C23H29N3O4S/c1-16(2)24-23(28)18(4)25(13-19-7-5-17(3)6-8-19)22(27)15-31-14-20-9-11-21(12-10-20)26(29)30/h5-12,16,18H,13-15H2,1-4H3,(H,24,28)/t18-/m0/s1. The zero-order chi connectivity index (χ0) is 23.0. The Morgan fingerprint density at radius 1 is 1.03 bits per heavy atom. The third kappa shape index (κ3) is 7.71. The van der Waals surface area contributed by atoms with E-state index in [-0.39, 0.29) is 29.3 Å². The topological polar surface area (TPSA) is 92.6 Å². The van der Waals surface area contributed by atoms with Crippen LogP contribution < -0.4 is 5.32 Å². The van der Waals surface area contributed by atoms with E-state index in [4.69, 9.17) is 0 Å². The highest BCUT2D eigenvalue weighted by atomic mass is 32.2. The lowest BCUT2D eigenvalue weighted by Gasteiger charge is -2.29. The van der Waals surface area contributed by atoms with Crippen molar-refractivity contribution in [3.63, 3.8) is 0 Å². The largest absolute Gasteiger partial charge is 0.352 e. The van der Waals surface area contributed by atoms with Crippen LogP contribution in [0.3, 0.4) is 0 Å². The Balaban J connectivity index is 2.04. The fraction of sp³-hybridized carbons (Fsp3) is 0.391. The molecule has 8 heteroatoms. The maximum Gasteiger partial charge on any atom is 0.269 e. The molecule has 0 fully saturated rings. The summed E-state index contributed by atoms with van der Waals surface area (Å²) in [5.41, 5.74) is 3.03. The molecule has 0 aromatic heterocycles. The summed E-state index contributed by atoms with van der Waals surface area (Å²) in [4.78, 5) is 37.5. The number of hydrogen-bond acceptors (Lipinski definition) is 5. The van der Waals surface area contributed by atoms with Gasteiger partial charge in [-0.05, 0) is 38.8 Å². The number of rotatable bonds is 10. The molecule has 31 heavy (non-hydrogen) atoms. The second-order valence-electron chi connectivity index (χ2n) is 7.76.